The molecule has 1 atom stereocenters. The van der Waals surface area contributed by atoms with Crippen molar-refractivity contribution in [3.63, 3.8) is 0 Å². The molecule has 3 heteroatoms. The predicted octanol–water partition coefficient (Wildman–Crippen LogP) is 4.42. The van der Waals surface area contributed by atoms with Gasteiger partial charge in [0.1, 0.15) is 0 Å². The van der Waals surface area contributed by atoms with Crippen molar-refractivity contribution in [3.05, 3.63) is 0 Å². The summed E-state index contributed by atoms with van der Waals surface area (Å²) in [5.41, 5.74) is -0.150. The van der Waals surface area contributed by atoms with Crippen LogP contribution in [0.5, 0.6) is 0 Å². The van der Waals surface area contributed by atoms with Crippen molar-refractivity contribution in [1.29, 1.82) is 0 Å². The molecular formula is C14H28O3. The first-order chi connectivity index (χ1) is 7.93. The molecule has 0 bridgehead atoms. The van der Waals surface area contributed by atoms with E-state index in [9.17, 15) is 4.79 Å². The molecule has 0 fully saturated rings. The van der Waals surface area contributed by atoms with E-state index in [-0.39, 0.29) is 11.3 Å². The van der Waals surface area contributed by atoms with Crippen molar-refractivity contribution in [3.8, 4) is 0 Å². The van der Waals surface area contributed by atoms with E-state index < -0.39 is 5.97 Å². The molecule has 0 aliphatic carbocycles. The fourth-order valence-electron chi connectivity index (χ4n) is 2.10. The van der Waals surface area contributed by atoms with Crippen molar-refractivity contribution in [2.24, 2.45) is 11.3 Å². The first-order valence-electron chi connectivity index (χ1n) is 6.78. The zero-order valence-corrected chi connectivity index (χ0v) is 11.8. The SMILES string of the molecule is CCCCCCCCC(C(=O)OO)C(C)(C)C. The summed E-state index contributed by atoms with van der Waals surface area (Å²) in [5, 5.41) is 8.49. The van der Waals surface area contributed by atoms with E-state index in [1.54, 1.807) is 0 Å². The summed E-state index contributed by atoms with van der Waals surface area (Å²) < 4.78 is 0. The van der Waals surface area contributed by atoms with Crippen molar-refractivity contribution in [2.75, 3.05) is 0 Å². The Hall–Kier alpha value is -0.570. The van der Waals surface area contributed by atoms with Crippen LogP contribution in [0, 0.1) is 11.3 Å². The summed E-state index contributed by atoms with van der Waals surface area (Å²) in [6.45, 7) is 8.22. The van der Waals surface area contributed by atoms with Crippen molar-refractivity contribution in [1.82, 2.24) is 0 Å². The van der Waals surface area contributed by atoms with E-state index in [1.807, 2.05) is 20.8 Å². The van der Waals surface area contributed by atoms with Gasteiger partial charge in [-0.2, -0.15) is 5.26 Å². The molecule has 0 radical (unpaired) electrons. The molecule has 0 heterocycles. The minimum absolute atomic E-state index is 0.150. The van der Waals surface area contributed by atoms with Crippen LogP contribution in [0.4, 0.5) is 0 Å². The summed E-state index contributed by atoms with van der Waals surface area (Å²) in [6, 6.07) is 0. The minimum Gasteiger partial charge on any atom is -0.301 e. The Morgan fingerprint density at radius 3 is 2.12 bits per heavy atom. The molecule has 0 amide bonds. The van der Waals surface area contributed by atoms with Gasteiger partial charge in [-0.1, -0.05) is 66.2 Å². The second-order valence-electron chi connectivity index (χ2n) is 5.89. The Morgan fingerprint density at radius 1 is 1.12 bits per heavy atom. The molecule has 0 spiro atoms. The summed E-state index contributed by atoms with van der Waals surface area (Å²) >= 11 is 0. The second-order valence-corrected chi connectivity index (χ2v) is 5.89. The van der Waals surface area contributed by atoms with E-state index in [0.29, 0.717) is 0 Å². The molecule has 0 saturated heterocycles. The van der Waals surface area contributed by atoms with E-state index in [1.165, 1.54) is 25.7 Å². The van der Waals surface area contributed by atoms with Crippen LogP contribution in [-0.2, 0) is 9.68 Å². The maximum absolute atomic E-state index is 11.5. The van der Waals surface area contributed by atoms with Gasteiger partial charge in [0.2, 0.25) is 0 Å². The van der Waals surface area contributed by atoms with E-state index >= 15 is 0 Å². The largest absolute Gasteiger partial charge is 0.345 e. The number of carbonyl (C=O) groups is 1. The monoisotopic (exact) mass is 244 g/mol. The van der Waals surface area contributed by atoms with Crippen LogP contribution in [-0.4, -0.2) is 11.2 Å². The summed E-state index contributed by atoms with van der Waals surface area (Å²) in [4.78, 5) is 15.3. The van der Waals surface area contributed by atoms with Gasteiger partial charge in [-0.25, -0.2) is 4.79 Å². The standard InChI is InChI=1S/C14H28O3/c1-5-6-7-8-9-10-11-12(13(15)17-16)14(2,3)4/h12,16H,5-11H2,1-4H3. The molecule has 1 N–H and O–H groups in total. The van der Waals surface area contributed by atoms with E-state index in [0.717, 1.165) is 19.3 Å². The molecule has 0 rings (SSSR count). The highest BCUT2D eigenvalue weighted by Gasteiger charge is 2.32. The second kappa shape index (κ2) is 8.51. The lowest BCUT2D eigenvalue weighted by Crippen LogP contribution is -2.29. The number of hydrogen-bond acceptors (Lipinski definition) is 3. The average molecular weight is 244 g/mol. The third-order valence-corrected chi connectivity index (χ3v) is 3.27. The third kappa shape index (κ3) is 7.37. The van der Waals surface area contributed by atoms with Gasteiger partial charge in [-0.15, -0.1) is 0 Å². The van der Waals surface area contributed by atoms with Crippen LogP contribution in [0.1, 0.15) is 72.6 Å². The van der Waals surface area contributed by atoms with Gasteiger partial charge >= 0.3 is 5.97 Å². The van der Waals surface area contributed by atoms with Crippen LogP contribution >= 0.6 is 0 Å². The van der Waals surface area contributed by atoms with Gasteiger partial charge < -0.3 is 4.89 Å². The smallest absolute Gasteiger partial charge is 0.301 e. The molecule has 0 aliphatic rings. The van der Waals surface area contributed by atoms with Crippen LogP contribution in [0.3, 0.4) is 0 Å². The first-order valence-corrected chi connectivity index (χ1v) is 6.78. The Morgan fingerprint density at radius 2 is 1.65 bits per heavy atom. The molecule has 1 unspecified atom stereocenters. The molecule has 0 aromatic heterocycles. The summed E-state index contributed by atoms with van der Waals surface area (Å²) in [7, 11) is 0. The van der Waals surface area contributed by atoms with Crippen LogP contribution in [0.25, 0.3) is 0 Å². The molecule has 3 nitrogen and oxygen atoms in total. The highest BCUT2D eigenvalue weighted by Crippen LogP contribution is 2.31. The number of unbranched alkanes of at least 4 members (excludes halogenated alkanes) is 5. The van der Waals surface area contributed by atoms with Crippen molar-refractivity contribution >= 4 is 5.97 Å². The topological polar surface area (TPSA) is 46.5 Å². The molecule has 102 valence electrons. The zero-order chi connectivity index (χ0) is 13.3. The Kier molecular flexibility index (Phi) is 8.23. The van der Waals surface area contributed by atoms with Gasteiger partial charge in [0.25, 0.3) is 0 Å². The van der Waals surface area contributed by atoms with Crippen molar-refractivity contribution in [2.45, 2.75) is 72.6 Å². The van der Waals surface area contributed by atoms with Gasteiger partial charge in [-0.3, -0.25) is 0 Å². The lowest BCUT2D eigenvalue weighted by atomic mass is 9.78. The number of rotatable bonds is 8. The zero-order valence-electron chi connectivity index (χ0n) is 11.8. The van der Waals surface area contributed by atoms with Gasteiger partial charge in [-0.05, 0) is 11.8 Å². The van der Waals surface area contributed by atoms with Gasteiger partial charge in [0.15, 0.2) is 0 Å². The number of hydrogen-bond donors (Lipinski definition) is 1. The lowest BCUT2D eigenvalue weighted by molar-refractivity contribution is -0.242. The Labute approximate surface area is 105 Å². The minimum atomic E-state index is -0.494. The normalized spacial score (nSPS) is 13.5. The van der Waals surface area contributed by atoms with Crippen LogP contribution < -0.4 is 0 Å². The van der Waals surface area contributed by atoms with Gasteiger partial charge in [0, 0.05) is 0 Å². The maximum atomic E-state index is 11.5. The quantitative estimate of drug-likeness (QED) is 0.390. The van der Waals surface area contributed by atoms with Crippen LogP contribution in [0.2, 0.25) is 0 Å². The molecule has 0 aromatic rings. The number of carbonyl (C=O) groups excluding carboxylic acids is 1. The lowest BCUT2D eigenvalue weighted by Gasteiger charge is -2.27. The maximum Gasteiger partial charge on any atom is 0.345 e. The Balaban J connectivity index is 3.90. The Bertz CT molecular complexity index is 206. The molecule has 17 heavy (non-hydrogen) atoms. The fourth-order valence-corrected chi connectivity index (χ4v) is 2.10. The van der Waals surface area contributed by atoms with Crippen molar-refractivity contribution < 1.29 is 14.9 Å². The highest BCUT2D eigenvalue weighted by molar-refractivity contribution is 5.72. The predicted molar refractivity (Wildman–Crippen MR) is 69.7 cm³/mol. The van der Waals surface area contributed by atoms with E-state index in [2.05, 4.69) is 11.8 Å². The third-order valence-electron chi connectivity index (χ3n) is 3.27. The van der Waals surface area contributed by atoms with Crippen LogP contribution in [0.15, 0.2) is 0 Å². The molecule has 0 aliphatic heterocycles. The summed E-state index contributed by atoms with van der Waals surface area (Å²) in [6.07, 6.45) is 8.05. The molecule has 0 aromatic carbocycles. The highest BCUT2D eigenvalue weighted by atomic mass is 17.1. The fraction of sp³-hybridized carbons (Fsp3) is 0.929. The van der Waals surface area contributed by atoms with E-state index in [4.69, 9.17) is 5.26 Å². The molecular weight excluding hydrogens is 216 g/mol. The molecule has 0 saturated carbocycles. The first kappa shape index (κ1) is 16.4. The average Bonchev–Trinajstić information content (AvgIpc) is 2.25. The van der Waals surface area contributed by atoms with Gasteiger partial charge in [0.05, 0.1) is 5.92 Å². The summed E-state index contributed by atoms with van der Waals surface area (Å²) in [5.74, 6) is -0.704.